The van der Waals surface area contributed by atoms with Gasteiger partial charge in [-0.2, -0.15) is 0 Å². The van der Waals surface area contributed by atoms with Crippen molar-refractivity contribution in [2.75, 3.05) is 33.6 Å². The maximum Gasteiger partial charge on any atom is 0.242 e. The van der Waals surface area contributed by atoms with Crippen LogP contribution in [0.5, 0.6) is 11.5 Å². The van der Waals surface area contributed by atoms with Gasteiger partial charge >= 0.3 is 0 Å². The lowest BCUT2D eigenvalue weighted by molar-refractivity contribution is -0.145. The minimum atomic E-state index is -0.138. The van der Waals surface area contributed by atoms with E-state index in [2.05, 4.69) is 0 Å². The van der Waals surface area contributed by atoms with Crippen molar-refractivity contribution in [2.45, 2.75) is 39.3 Å². The maximum atomic E-state index is 13.4. The molecule has 172 valence electrons. The van der Waals surface area contributed by atoms with Gasteiger partial charge in [-0.3, -0.25) is 9.59 Å². The lowest BCUT2D eigenvalue weighted by Gasteiger charge is -2.32. The maximum absolute atomic E-state index is 13.4. The zero-order valence-corrected chi connectivity index (χ0v) is 18.7. The third-order valence-electron chi connectivity index (χ3n) is 5.96. The number of methoxy groups -OCH3 is 1. The smallest absolute Gasteiger partial charge is 0.242 e. The van der Waals surface area contributed by atoms with E-state index in [4.69, 9.17) is 18.6 Å². The normalized spacial score (nSPS) is 14.8. The van der Waals surface area contributed by atoms with Crippen molar-refractivity contribution in [1.82, 2.24) is 9.80 Å². The predicted octanol–water partition coefficient (Wildman–Crippen LogP) is 3.12. The molecule has 2 aromatic rings. The molecule has 0 N–H and O–H groups in total. The van der Waals surface area contributed by atoms with Crippen LogP contribution in [0.3, 0.4) is 0 Å². The second kappa shape index (κ2) is 10.1. The van der Waals surface area contributed by atoms with Crippen molar-refractivity contribution < 1.29 is 28.2 Å². The molecule has 0 saturated heterocycles. The van der Waals surface area contributed by atoms with Gasteiger partial charge in [-0.25, -0.2) is 0 Å². The van der Waals surface area contributed by atoms with Crippen LogP contribution in [0.25, 0.3) is 0 Å². The summed E-state index contributed by atoms with van der Waals surface area (Å²) < 4.78 is 21.8. The van der Waals surface area contributed by atoms with Crippen molar-refractivity contribution in [3.05, 3.63) is 47.4 Å². The summed E-state index contributed by atoms with van der Waals surface area (Å²) >= 11 is 0. The monoisotopic (exact) mass is 442 g/mol. The molecule has 0 unspecified atom stereocenters. The van der Waals surface area contributed by atoms with Crippen LogP contribution in [0, 0.1) is 12.8 Å². The molecule has 2 heterocycles. The first-order valence-electron chi connectivity index (χ1n) is 11.0. The van der Waals surface area contributed by atoms with Crippen molar-refractivity contribution in [3.8, 4) is 11.5 Å². The zero-order valence-electron chi connectivity index (χ0n) is 18.7. The molecule has 4 rings (SSSR count). The Labute approximate surface area is 188 Å². The van der Waals surface area contributed by atoms with Gasteiger partial charge in [-0.15, -0.1) is 0 Å². The van der Waals surface area contributed by atoms with E-state index in [9.17, 15) is 9.59 Å². The number of benzene rings is 1. The quantitative estimate of drug-likeness (QED) is 0.562. The first kappa shape index (κ1) is 22.2. The van der Waals surface area contributed by atoms with Gasteiger partial charge in [0.25, 0.3) is 0 Å². The third kappa shape index (κ3) is 5.24. The van der Waals surface area contributed by atoms with Gasteiger partial charge in [0.15, 0.2) is 11.5 Å². The molecule has 8 nitrogen and oxygen atoms in total. The van der Waals surface area contributed by atoms with E-state index in [0.29, 0.717) is 43.5 Å². The summed E-state index contributed by atoms with van der Waals surface area (Å²) in [6.45, 7) is 3.56. The second-order valence-electron chi connectivity index (χ2n) is 8.33. The summed E-state index contributed by atoms with van der Waals surface area (Å²) in [5, 5.41) is 0. The summed E-state index contributed by atoms with van der Waals surface area (Å²) in [6, 6.07) is 9.41. The summed E-state index contributed by atoms with van der Waals surface area (Å²) in [7, 11) is 1.60. The number of fused-ring (bicyclic) bond motifs is 1. The number of carbonyl (C=O) groups is 2. The molecular weight excluding hydrogens is 412 g/mol. The topological polar surface area (TPSA) is 81.5 Å². The van der Waals surface area contributed by atoms with E-state index >= 15 is 0 Å². The Hall–Kier alpha value is -3.00. The number of nitrogens with zero attached hydrogens (tertiary/aromatic N) is 2. The van der Waals surface area contributed by atoms with Gasteiger partial charge < -0.3 is 28.4 Å². The number of aryl methyl sites for hydroxylation is 1. The molecule has 1 aromatic carbocycles. The van der Waals surface area contributed by atoms with Gasteiger partial charge in [0, 0.05) is 26.1 Å². The van der Waals surface area contributed by atoms with Gasteiger partial charge in [0.2, 0.25) is 18.6 Å². The van der Waals surface area contributed by atoms with Gasteiger partial charge in [-0.05, 0) is 49.6 Å². The van der Waals surface area contributed by atoms with Crippen molar-refractivity contribution in [2.24, 2.45) is 5.92 Å². The Bertz CT molecular complexity index is 952. The molecule has 0 bridgehead atoms. The molecule has 8 heteroatoms. The molecule has 0 radical (unpaired) electrons. The first-order chi connectivity index (χ1) is 15.5. The number of carbonyl (C=O) groups excluding carboxylic acids is 2. The van der Waals surface area contributed by atoms with Gasteiger partial charge in [0.1, 0.15) is 11.5 Å². The number of rotatable bonds is 10. The Morgan fingerprint density at radius 1 is 1.06 bits per heavy atom. The van der Waals surface area contributed by atoms with E-state index in [0.717, 1.165) is 30.6 Å². The number of hydrogen-bond acceptors (Lipinski definition) is 6. The van der Waals surface area contributed by atoms with Crippen LogP contribution in [0.1, 0.15) is 36.3 Å². The van der Waals surface area contributed by atoms with Crippen LogP contribution in [0.4, 0.5) is 0 Å². The molecule has 0 spiro atoms. The highest BCUT2D eigenvalue weighted by Crippen LogP contribution is 2.33. The minimum absolute atomic E-state index is 0.0168. The predicted molar refractivity (Wildman–Crippen MR) is 116 cm³/mol. The van der Waals surface area contributed by atoms with E-state index in [1.54, 1.807) is 16.9 Å². The minimum Gasteiger partial charge on any atom is -0.464 e. The highest BCUT2D eigenvalue weighted by Gasteiger charge is 2.31. The number of amides is 2. The lowest BCUT2D eigenvalue weighted by atomic mass is 9.84. The Morgan fingerprint density at radius 2 is 1.88 bits per heavy atom. The second-order valence-corrected chi connectivity index (χ2v) is 8.33. The standard InChI is InChI=1S/C24H30N2O6/c1-17-6-8-20(32-17)14-26(13-18-7-9-21-22(12-18)31-16-30-21)23(27)15-25(10-11-29-2)24(28)19-4-3-5-19/h6-9,12,19H,3-5,10-11,13-16H2,1-2H3. The summed E-state index contributed by atoms with van der Waals surface area (Å²) in [5.41, 5.74) is 0.916. The van der Waals surface area contributed by atoms with Crippen LogP contribution >= 0.6 is 0 Å². The highest BCUT2D eigenvalue weighted by molar-refractivity contribution is 5.86. The van der Waals surface area contributed by atoms with Crippen LogP contribution in [0.2, 0.25) is 0 Å². The van der Waals surface area contributed by atoms with Gasteiger partial charge in [0.05, 0.1) is 19.7 Å². The molecular formula is C24H30N2O6. The Morgan fingerprint density at radius 3 is 2.56 bits per heavy atom. The molecule has 32 heavy (non-hydrogen) atoms. The molecule has 0 atom stereocenters. The molecule has 1 aliphatic heterocycles. The molecule has 2 aliphatic rings. The van der Waals surface area contributed by atoms with E-state index in [1.807, 2.05) is 37.3 Å². The number of furan rings is 1. The molecule has 1 aliphatic carbocycles. The fourth-order valence-corrected chi connectivity index (χ4v) is 3.90. The highest BCUT2D eigenvalue weighted by atomic mass is 16.7. The van der Waals surface area contributed by atoms with Crippen molar-refractivity contribution in [3.63, 3.8) is 0 Å². The zero-order chi connectivity index (χ0) is 22.5. The Balaban J connectivity index is 1.50. The van der Waals surface area contributed by atoms with Crippen LogP contribution in [0.15, 0.2) is 34.7 Å². The molecule has 2 amide bonds. The number of hydrogen-bond donors (Lipinski definition) is 0. The largest absolute Gasteiger partial charge is 0.464 e. The lowest BCUT2D eigenvalue weighted by Crippen LogP contribution is -2.46. The van der Waals surface area contributed by atoms with Crippen molar-refractivity contribution >= 4 is 11.8 Å². The fraction of sp³-hybridized carbons (Fsp3) is 0.500. The average molecular weight is 443 g/mol. The molecule has 1 aromatic heterocycles. The molecule has 1 fully saturated rings. The van der Waals surface area contributed by atoms with Crippen LogP contribution < -0.4 is 9.47 Å². The average Bonchev–Trinajstić information content (AvgIpc) is 3.37. The SMILES string of the molecule is COCCN(CC(=O)N(Cc1ccc2c(c1)OCO2)Cc1ccc(C)o1)C(=O)C1CCC1. The van der Waals surface area contributed by atoms with E-state index in [1.165, 1.54) is 0 Å². The fourth-order valence-electron chi connectivity index (χ4n) is 3.90. The summed E-state index contributed by atoms with van der Waals surface area (Å²) in [4.78, 5) is 29.6. The van der Waals surface area contributed by atoms with E-state index in [-0.39, 0.29) is 31.1 Å². The van der Waals surface area contributed by atoms with Gasteiger partial charge in [-0.1, -0.05) is 12.5 Å². The summed E-state index contributed by atoms with van der Waals surface area (Å²) in [5.74, 6) is 2.78. The number of ether oxygens (including phenoxy) is 3. The Kier molecular flexibility index (Phi) is 6.99. The summed E-state index contributed by atoms with van der Waals surface area (Å²) in [6.07, 6.45) is 2.85. The first-order valence-corrected chi connectivity index (χ1v) is 11.0. The van der Waals surface area contributed by atoms with Crippen molar-refractivity contribution in [1.29, 1.82) is 0 Å². The van der Waals surface area contributed by atoms with Crippen LogP contribution in [-0.4, -0.2) is 55.2 Å². The van der Waals surface area contributed by atoms with Crippen LogP contribution in [-0.2, 0) is 27.4 Å². The molecule has 1 saturated carbocycles. The third-order valence-corrected chi connectivity index (χ3v) is 5.96. The van der Waals surface area contributed by atoms with E-state index < -0.39 is 0 Å².